The highest BCUT2D eigenvalue weighted by atomic mass is 19.1. The molecule has 170 valence electrons. The molecule has 2 saturated heterocycles. The lowest BCUT2D eigenvalue weighted by Crippen LogP contribution is -2.47. The quantitative estimate of drug-likeness (QED) is 0.735. The number of amides is 2. The van der Waals surface area contributed by atoms with Crippen molar-refractivity contribution in [3.8, 4) is 0 Å². The molecular formula is C25H31FN4O2. The third kappa shape index (κ3) is 4.26. The van der Waals surface area contributed by atoms with Crippen LogP contribution in [0.15, 0.2) is 42.6 Å². The number of halogens is 1. The Kier molecular flexibility index (Phi) is 6.29. The largest absolute Gasteiger partial charge is 0.336 e. The van der Waals surface area contributed by atoms with Crippen molar-refractivity contribution in [3.63, 3.8) is 0 Å². The standard InChI is InChI=1S/C25H31FN4O2/c1-25(2,19-7-4-5-8-20(19)26)24(32)30-12-6-9-22(30)21-11-10-18(17-27-21)23(31)29-15-13-28(3)14-16-29/h4-5,7-8,10-11,17,22H,6,9,12-16H2,1-3H3/t22-/m1/s1. The molecule has 1 atom stereocenters. The van der Waals surface area contributed by atoms with Crippen LogP contribution in [0.25, 0.3) is 0 Å². The van der Waals surface area contributed by atoms with Crippen LogP contribution in [0.3, 0.4) is 0 Å². The Hall–Kier alpha value is -2.80. The Labute approximate surface area is 189 Å². The van der Waals surface area contributed by atoms with Gasteiger partial charge in [-0.2, -0.15) is 0 Å². The summed E-state index contributed by atoms with van der Waals surface area (Å²) < 4.78 is 14.4. The molecule has 2 aliphatic rings. The van der Waals surface area contributed by atoms with Crippen molar-refractivity contribution in [2.45, 2.75) is 38.1 Å². The van der Waals surface area contributed by atoms with E-state index in [1.807, 2.05) is 21.9 Å². The molecule has 1 aromatic carbocycles. The van der Waals surface area contributed by atoms with Crippen LogP contribution in [0.4, 0.5) is 4.39 Å². The maximum absolute atomic E-state index is 14.4. The van der Waals surface area contributed by atoms with Crippen molar-refractivity contribution < 1.29 is 14.0 Å². The summed E-state index contributed by atoms with van der Waals surface area (Å²) in [6, 6.07) is 9.96. The molecule has 2 fully saturated rings. The molecule has 1 aromatic heterocycles. The summed E-state index contributed by atoms with van der Waals surface area (Å²) in [7, 11) is 2.06. The van der Waals surface area contributed by atoms with Crippen LogP contribution in [0.5, 0.6) is 0 Å². The Balaban J connectivity index is 1.50. The number of piperazine rings is 1. The first-order valence-corrected chi connectivity index (χ1v) is 11.3. The SMILES string of the molecule is CN1CCN(C(=O)c2ccc([C@H]3CCCN3C(=O)C(C)(C)c3ccccc3F)nc2)CC1. The van der Waals surface area contributed by atoms with E-state index in [9.17, 15) is 14.0 Å². The Bertz CT molecular complexity index is 984. The number of likely N-dealkylation sites (N-methyl/N-ethyl adjacent to an activating group) is 1. The maximum atomic E-state index is 14.4. The van der Waals surface area contributed by atoms with Crippen LogP contribution in [-0.4, -0.2) is 71.3 Å². The Morgan fingerprint density at radius 2 is 1.75 bits per heavy atom. The van der Waals surface area contributed by atoms with Crippen LogP contribution in [0, 0.1) is 5.82 Å². The summed E-state index contributed by atoms with van der Waals surface area (Å²) in [5.74, 6) is -0.479. The first-order chi connectivity index (χ1) is 15.3. The van der Waals surface area contributed by atoms with Crippen LogP contribution < -0.4 is 0 Å². The fourth-order valence-electron chi connectivity index (χ4n) is 4.68. The van der Waals surface area contributed by atoms with Gasteiger partial charge in [0.25, 0.3) is 5.91 Å². The summed E-state index contributed by atoms with van der Waals surface area (Å²) >= 11 is 0. The first-order valence-electron chi connectivity index (χ1n) is 11.3. The van der Waals surface area contributed by atoms with Gasteiger partial charge in [0.1, 0.15) is 5.82 Å². The van der Waals surface area contributed by atoms with Crippen molar-refractivity contribution in [2.24, 2.45) is 0 Å². The summed E-state index contributed by atoms with van der Waals surface area (Å²) in [6.07, 6.45) is 3.30. The lowest BCUT2D eigenvalue weighted by atomic mass is 9.82. The molecule has 0 radical (unpaired) electrons. The van der Waals surface area contributed by atoms with Gasteiger partial charge in [0.2, 0.25) is 5.91 Å². The fraction of sp³-hybridized carbons (Fsp3) is 0.480. The number of hydrogen-bond acceptors (Lipinski definition) is 4. The van der Waals surface area contributed by atoms with E-state index >= 15 is 0 Å². The van der Waals surface area contributed by atoms with E-state index in [-0.39, 0.29) is 23.7 Å². The Morgan fingerprint density at radius 3 is 2.41 bits per heavy atom. The molecule has 0 spiro atoms. The van der Waals surface area contributed by atoms with E-state index in [4.69, 9.17) is 0 Å². The first kappa shape index (κ1) is 22.4. The molecule has 2 aromatic rings. The van der Waals surface area contributed by atoms with E-state index in [0.29, 0.717) is 30.8 Å². The lowest BCUT2D eigenvalue weighted by molar-refractivity contribution is -0.137. The van der Waals surface area contributed by atoms with Gasteiger partial charge in [-0.15, -0.1) is 0 Å². The molecule has 32 heavy (non-hydrogen) atoms. The minimum absolute atomic E-state index is 0.00260. The number of pyridine rings is 1. The van der Waals surface area contributed by atoms with E-state index in [1.54, 1.807) is 38.2 Å². The second-order valence-electron chi connectivity index (χ2n) is 9.33. The molecule has 3 heterocycles. The zero-order chi connectivity index (χ0) is 22.9. The number of nitrogens with zero attached hydrogens (tertiary/aromatic N) is 4. The van der Waals surface area contributed by atoms with Crippen LogP contribution in [-0.2, 0) is 10.2 Å². The highest BCUT2D eigenvalue weighted by Gasteiger charge is 2.41. The number of carbonyl (C=O) groups excluding carboxylic acids is 2. The second-order valence-corrected chi connectivity index (χ2v) is 9.33. The van der Waals surface area contributed by atoms with Gasteiger partial charge in [0.05, 0.1) is 22.7 Å². The molecule has 0 unspecified atom stereocenters. The molecule has 4 rings (SSSR count). The van der Waals surface area contributed by atoms with Gasteiger partial charge >= 0.3 is 0 Å². The molecule has 7 heteroatoms. The van der Waals surface area contributed by atoms with Gasteiger partial charge in [-0.1, -0.05) is 18.2 Å². The van der Waals surface area contributed by atoms with Crippen LogP contribution >= 0.6 is 0 Å². The summed E-state index contributed by atoms with van der Waals surface area (Å²) in [4.78, 5) is 36.7. The maximum Gasteiger partial charge on any atom is 0.255 e. The van der Waals surface area contributed by atoms with Gasteiger partial charge < -0.3 is 14.7 Å². The average Bonchev–Trinajstić information content (AvgIpc) is 3.28. The number of benzene rings is 1. The van der Waals surface area contributed by atoms with Crippen molar-refractivity contribution in [3.05, 3.63) is 65.2 Å². The monoisotopic (exact) mass is 438 g/mol. The van der Waals surface area contributed by atoms with Crippen LogP contribution in [0.1, 0.15) is 54.3 Å². The smallest absolute Gasteiger partial charge is 0.255 e. The van der Waals surface area contributed by atoms with Crippen molar-refractivity contribution in [2.75, 3.05) is 39.8 Å². The van der Waals surface area contributed by atoms with E-state index in [2.05, 4.69) is 16.9 Å². The number of aromatic nitrogens is 1. The number of rotatable bonds is 4. The van der Waals surface area contributed by atoms with Crippen molar-refractivity contribution in [1.29, 1.82) is 0 Å². The van der Waals surface area contributed by atoms with Crippen molar-refractivity contribution in [1.82, 2.24) is 19.7 Å². The van der Waals surface area contributed by atoms with Gasteiger partial charge in [0.15, 0.2) is 0 Å². The summed E-state index contributed by atoms with van der Waals surface area (Å²) in [5, 5.41) is 0. The highest BCUT2D eigenvalue weighted by Crippen LogP contribution is 2.36. The number of likely N-dealkylation sites (tertiary alicyclic amines) is 1. The normalized spacial score (nSPS) is 19.9. The van der Waals surface area contributed by atoms with E-state index in [0.717, 1.165) is 31.6 Å². The molecule has 0 N–H and O–H groups in total. The predicted octanol–water partition coefficient (Wildman–Crippen LogP) is 3.25. The fourth-order valence-corrected chi connectivity index (χ4v) is 4.68. The highest BCUT2D eigenvalue weighted by molar-refractivity contribution is 5.94. The minimum atomic E-state index is -0.981. The third-order valence-corrected chi connectivity index (χ3v) is 6.76. The number of hydrogen-bond donors (Lipinski definition) is 0. The average molecular weight is 439 g/mol. The minimum Gasteiger partial charge on any atom is -0.336 e. The zero-order valence-corrected chi connectivity index (χ0v) is 19.1. The molecule has 2 aliphatic heterocycles. The zero-order valence-electron chi connectivity index (χ0n) is 19.1. The summed E-state index contributed by atoms with van der Waals surface area (Å²) in [6.45, 7) is 7.33. The Morgan fingerprint density at radius 1 is 1.03 bits per heavy atom. The van der Waals surface area contributed by atoms with E-state index in [1.165, 1.54) is 6.07 Å². The third-order valence-electron chi connectivity index (χ3n) is 6.76. The van der Waals surface area contributed by atoms with Crippen molar-refractivity contribution >= 4 is 11.8 Å². The molecule has 0 aliphatic carbocycles. The second kappa shape index (κ2) is 8.98. The predicted molar refractivity (Wildman–Crippen MR) is 121 cm³/mol. The topological polar surface area (TPSA) is 56.8 Å². The molecule has 0 saturated carbocycles. The number of carbonyl (C=O) groups is 2. The molecular weight excluding hydrogens is 407 g/mol. The van der Waals surface area contributed by atoms with Gasteiger partial charge in [-0.3, -0.25) is 14.6 Å². The van der Waals surface area contributed by atoms with Gasteiger partial charge in [-0.25, -0.2) is 4.39 Å². The lowest BCUT2D eigenvalue weighted by Gasteiger charge is -2.34. The van der Waals surface area contributed by atoms with Gasteiger partial charge in [-0.05, 0) is 51.9 Å². The molecule has 0 bridgehead atoms. The van der Waals surface area contributed by atoms with E-state index < -0.39 is 5.41 Å². The molecule has 2 amide bonds. The van der Waals surface area contributed by atoms with Gasteiger partial charge in [0, 0.05) is 44.5 Å². The molecule has 6 nitrogen and oxygen atoms in total. The van der Waals surface area contributed by atoms with Crippen LogP contribution in [0.2, 0.25) is 0 Å². The summed E-state index contributed by atoms with van der Waals surface area (Å²) in [5.41, 5.74) is 0.762.